The molecular weight excluding hydrogens is 74.1 g/mol. The first-order valence-electron chi connectivity index (χ1n) is 1.76. The Morgan fingerprint density at radius 3 is 2.67 bits per heavy atom. The van der Waals surface area contributed by atoms with E-state index in [-0.39, 0.29) is 0 Å². The summed E-state index contributed by atoms with van der Waals surface area (Å²) in [5.74, 6) is 0. The van der Waals surface area contributed by atoms with Crippen LogP contribution in [-0.4, -0.2) is 6.21 Å². The highest BCUT2D eigenvalue weighted by Gasteiger charge is 1.79. The van der Waals surface area contributed by atoms with Gasteiger partial charge in [-0.2, -0.15) is 0 Å². The van der Waals surface area contributed by atoms with E-state index in [1.165, 1.54) is 0 Å². The van der Waals surface area contributed by atoms with E-state index in [1.807, 2.05) is 0 Å². The second-order valence-electron chi connectivity index (χ2n) is 0.947. The van der Waals surface area contributed by atoms with Gasteiger partial charge in [-0.1, -0.05) is 0 Å². The third-order valence-corrected chi connectivity index (χ3v) is 0.514. The van der Waals surface area contributed by atoms with Gasteiger partial charge < -0.3 is 0 Å². The fourth-order valence-corrected chi connectivity index (χ4v) is 0.277. The van der Waals surface area contributed by atoms with Gasteiger partial charge in [0.2, 0.25) is 0 Å². The number of hydrogen-bond donors (Lipinski definition) is 0. The van der Waals surface area contributed by atoms with Crippen molar-refractivity contribution in [2.24, 2.45) is 4.99 Å². The Balaban J connectivity index is 2.77. The van der Waals surface area contributed by atoms with Crippen molar-refractivity contribution in [3.63, 3.8) is 0 Å². The lowest BCUT2D eigenvalue weighted by Gasteiger charge is -1.64. The summed E-state index contributed by atoms with van der Waals surface area (Å²) in [7, 11) is 0. The SMILES string of the molecule is [C+]1=CC=NC=C1. The largest absolute Gasteiger partial charge is 0.141 e. The maximum absolute atomic E-state index is 3.75. The van der Waals surface area contributed by atoms with Gasteiger partial charge in [0.25, 0.3) is 0 Å². The Hall–Kier alpha value is -0.940. The molecule has 1 rings (SSSR count). The average Bonchev–Trinajstić information content (AvgIpc) is 1.72. The average molecular weight is 78.1 g/mol. The molecule has 0 amide bonds. The molecule has 0 bridgehead atoms. The van der Waals surface area contributed by atoms with Gasteiger partial charge in [0.05, 0.1) is 0 Å². The zero-order valence-corrected chi connectivity index (χ0v) is 3.26. The first kappa shape index (κ1) is 3.26. The molecule has 1 heteroatoms. The molecule has 0 aromatic heterocycles. The molecule has 0 fully saturated rings. The molecular formula is C5H4N+. The highest BCUT2D eigenvalue weighted by atomic mass is 14.7. The Kier molecular flexibility index (Phi) is 0.806. The molecule has 28 valence electrons. The van der Waals surface area contributed by atoms with E-state index in [0.717, 1.165) is 0 Å². The molecule has 0 spiro atoms. The van der Waals surface area contributed by atoms with Crippen LogP contribution < -0.4 is 0 Å². The summed E-state index contributed by atoms with van der Waals surface area (Å²) in [6.07, 6.45) is 9.75. The van der Waals surface area contributed by atoms with Gasteiger partial charge in [-0.25, -0.2) is 0 Å². The molecule has 0 radical (unpaired) electrons. The lowest BCUT2D eigenvalue weighted by Crippen LogP contribution is -1.65. The van der Waals surface area contributed by atoms with E-state index >= 15 is 0 Å². The summed E-state index contributed by atoms with van der Waals surface area (Å²) in [6.45, 7) is 0. The summed E-state index contributed by atoms with van der Waals surface area (Å²) < 4.78 is 0. The van der Waals surface area contributed by atoms with Crippen molar-refractivity contribution >= 4 is 6.21 Å². The molecule has 0 aromatic rings. The summed E-state index contributed by atoms with van der Waals surface area (Å²) >= 11 is 0. The molecule has 0 unspecified atom stereocenters. The molecule has 1 heterocycles. The van der Waals surface area contributed by atoms with Crippen molar-refractivity contribution in [2.45, 2.75) is 0 Å². The van der Waals surface area contributed by atoms with Crippen molar-refractivity contribution in [1.82, 2.24) is 0 Å². The molecule has 1 aliphatic heterocycles. The minimum absolute atomic E-state index is 1.69. The van der Waals surface area contributed by atoms with Crippen LogP contribution in [0.25, 0.3) is 0 Å². The van der Waals surface area contributed by atoms with Crippen molar-refractivity contribution in [1.29, 1.82) is 0 Å². The predicted molar refractivity (Wildman–Crippen MR) is 25.4 cm³/mol. The Morgan fingerprint density at radius 2 is 2.50 bits per heavy atom. The molecule has 0 N–H and O–H groups in total. The topological polar surface area (TPSA) is 12.4 Å². The maximum atomic E-state index is 3.75. The van der Waals surface area contributed by atoms with Crippen LogP contribution in [0, 0.1) is 6.08 Å². The number of allylic oxidation sites excluding steroid dienone is 3. The predicted octanol–water partition coefficient (Wildman–Crippen LogP) is 0.944. The van der Waals surface area contributed by atoms with E-state index in [1.54, 1.807) is 24.6 Å². The van der Waals surface area contributed by atoms with E-state index in [9.17, 15) is 0 Å². The van der Waals surface area contributed by atoms with Crippen LogP contribution in [0.5, 0.6) is 0 Å². The van der Waals surface area contributed by atoms with Crippen LogP contribution >= 0.6 is 0 Å². The van der Waals surface area contributed by atoms with E-state index in [0.29, 0.717) is 0 Å². The number of rotatable bonds is 0. The highest BCUT2D eigenvalue weighted by Crippen LogP contribution is 1.80. The molecule has 0 aliphatic carbocycles. The van der Waals surface area contributed by atoms with Gasteiger partial charge in [-0.05, 0) is 0 Å². The van der Waals surface area contributed by atoms with Crippen LogP contribution in [-0.2, 0) is 0 Å². The summed E-state index contributed by atoms with van der Waals surface area (Å²) in [6, 6.07) is 0. The molecule has 0 atom stereocenters. The minimum atomic E-state index is 1.69. The molecule has 1 nitrogen and oxygen atoms in total. The smallest absolute Gasteiger partial charge is 0.134 e. The van der Waals surface area contributed by atoms with Gasteiger partial charge in [0.1, 0.15) is 24.6 Å². The van der Waals surface area contributed by atoms with Crippen LogP contribution in [0.4, 0.5) is 0 Å². The standard InChI is InChI=1S/C5H4N/c1-2-4-6-5-3-1/h2-5H/q+1. The summed E-state index contributed by atoms with van der Waals surface area (Å²) in [4.78, 5) is 3.75. The van der Waals surface area contributed by atoms with Crippen molar-refractivity contribution in [3.05, 3.63) is 24.4 Å². The van der Waals surface area contributed by atoms with E-state index < -0.39 is 0 Å². The maximum Gasteiger partial charge on any atom is 0.141 e. The van der Waals surface area contributed by atoms with Gasteiger partial charge in [-0.3, -0.25) is 0 Å². The van der Waals surface area contributed by atoms with E-state index in [4.69, 9.17) is 0 Å². The number of hydrogen-bond acceptors (Lipinski definition) is 1. The van der Waals surface area contributed by atoms with Crippen molar-refractivity contribution in [2.75, 3.05) is 0 Å². The van der Waals surface area contributed by atoms with E-state index in [2.05, 4.69) is 11.1 Å². The molecule has 0 saturated heterocycles. The number of aliphatic imine (C=N–C) groups is 1. The van der Waals surface area contributed by atoms with Crippen LogP contribution in [0.1, 0.15) is 0 Å². The molecule has 6 heavy (non-hydrogen) atoms. The van der Waals surface area contributed by atoms with Gasteiger partial charge in [-0.15, -0.1) is 4.99 Å². The first-order valence-corrected chi connectivity index (χ1v) is 1.76. The summed E-state index contributed by atoms with van der Waals surface area (Å²) in [5, 5.41) is 0. The monoisotopic (exact) mass is 78.0 g/mol. The van der Waals surface area contributed by atoms with Gasteiger partial charge >= 0.3 is 0 Å². The Morgan fingerprint density at radius 1 is 1.50 bits per heavy atom. The summed E-state index contributed by atoms with van der Waals surface area (Å²) in [5.41, 5.74) is 0. The van der Waals surface area contributed by atoms with Crippen LogP contribution in [0.3, 0.4) is 0 Å². The molecule has 0 aromatic carbocycles. The zero-order valence-electron chi connectivity index (χ0n) is 3.26. The van der Waals surface area contributed by atoms with Gasteiger partial charge in [0.15, 0.2) is 0 Å². The van der Waals surface area contributed by atoms with Crippen LogP contribution in [0.15, 0.2) is 23.3 Å². The Bertz CT molecular complexity index is 73.3. The number of nitrogens with zero attached hydrogens (tertiary/aromatic N) is 1. The third-order valence-electron chi connectivity index (χ3n) is 0.514. The normalized spacial score (nSPS) is 14.7. The minimum Gasteiger partial charge on any atom is -0.134 e. The fourth-order valence-electron chi connectivity index (χ4n) is 0.277. The van der Waals surface area contributed by atoms with Gasteiger partial charge in [0, 0.05) is 6.08 Å². The fraction of sp³-hybridized carbons (Fsp3) is 0. The highest BCUT2D eigenvalue weighted by molar-refractivity contribution is 5.72. The first-order chi connectivity index (χ1) is 3.00. The zero-order chi connectivity index (χ0) is 4.24. The molecule has 0 saturated carbocycles. The van der Waals surface area contributed by atoms with Crippen LogP contribution in [0.2, 0.25) is 0 Å². The second-order valence-corrected chi connectivity index (χ2v) is 0.947. The van der Waals surface area contributed by atoms with Crippen molar-refractivity contribution in [3.8, 4) is 0 Å². The lowest BCUT2D eigenvalue weighted by molar-refractivity contribution is 1.56. The third kappa shape index (κ3) is 0.507. The quantitative estimate of drug-likeness (QED) is 0.382. The second kappa shape index (κ2) is 1.48. The molecule has 1 aliphatic rings. The Labute approximate surface area is 36.7 Å². The van der Waals surface area contributed by atoms with Crippen molar-refractivity contribution < 1.29 is 0 Å². The lowest BCUT2D eigenvalue weighted by atomic mass is 10.4.